The van der Waals surface area contributed by atoms with Gasteiger partial charge in [-0.3, -0.25) is 4.98 Å². The zero-order chi connectivity index (χ0) is 19.2. The number of pyridine rings is 1. The lowest BCUT2D eigenvalue weighted by molar-refractivity contribution is 0.222. The second-order valence-electron chi connectivity index (χ2n) is 8.30. The van der Waals surface area contributed by atoms with Gasteiger partial charge in [0.05, 0.1) is 0 Å². The van der Waals surface area contributed by atoms with Crippen molar-refractivity contribution >= 4 is 5.82 Å². The molecule has 0 bridgehead atoms. The Labute approximate surface area is 169 Å². The van der Waals surface area contributed by atoms with Gasteiger partial charge >= 0.3 is 0 Å². The lowest BCUT2D eigenvalue weighted by Gasteiger charge is -2.36. The van der Waals surface area contributed by atoms with Crippen LogP contribution in [0.3, 0.4) is 0 Å². The molecular weight excluding hydrogens is 346 g/mol. The molecule has 1 unspecified atom stereocenters. The highest BCUT2D eigenvalue weighted by atomic mass is 15.2. The lowest BCUT2D eigenvalue weighted by atomic mass is 9.97. The van der Waals surface area contributed by atoms with Crippen molar-refractivity contribution in [1.29, 1.82) is 0 Å². The van der Waals surface area contributed by atoms with E-state index in [-0.39, 0.29) is 0 Å². The first-order valence-corrected chi connectivity index (χ1v) is 11.1. The van der Waals surface area contributed by atoms with E-state index >= 15 is 0 Å². The van der Waals surface area contributed by atoms with Gasteiger partial charge in [0.2, 0.25) is 0 Å². The number of hydrogen-bond donors (Lipinski definition) is 0. The maximum atomic E-state index is 4.94. The largest absolute Gasteiger partial charge is 0.356 e. The SMILES string of the molecule is CCc1cc(N2CCCC(CN3CCCCCC3)C2)nc(-c2ccncc2)n1. The quantitative estimate of drug-likeness (QED) is 0.779. The van der Waals surface area contributed by atoms with Crippen LogP contribution in [0.15, 0.2) is 30.6 Å². The van der Waals surface area contributed by atoms with Crippen molar-refractivity contribution in [2.75, 3.05) is 37.6 Å². The summed E-state index contributed by atoms with van der Waals surface area (Å²) < 4.78 is 0. The molecule has 1 atom stereocenters. The Kier molecular flexibility index (Phi) is 6.53. The van der Waals surface area contributed by atoms with Crippen LogP contribution in [0.4, 0.5) is 5.82 Å². The molecule has 2 aromatic rings. The number of anilines is 1. The molecule has 0 aliphatic carbocycles. The third kappa shape index (κ3) is 4.88. The summed E-state index contributed by atoms with van der Waals surface area (Å²) in [6.07, 6.45) is 12.7. The number of aryl methyl sites for hydroxylation is 1. The molecule has 2 aromatic heterocycles. The molecule has 0 N–H and O–H groups in total. The topological polar surface area (TPSA) is 45.2 Å². The second-order valence-corrected chi connectivity index (χ2v) is 8.30. The highest BCUT2D eigenvalue weighted by molar-refractivity contribution is 5.57. The zero-order valence-corrected chi connectivity index (χ0v) is 17.2. The van der Waals surface area contributed by atoms with Gasteiger partial charge in [-0.05, 0) is 63.2 Å². The van der Waals surface area contributed by atoms with E-state index < -0.39 is 0 Å². The highest BCUT2D eigenvalue weighted by Crippen LogP contribution is 2.26. The Balaban J connectivity index is 1.49. The summed E-state index contributed by atoms with van der Waals surface area (Å²) in [4.78, 5) is 19.0. The number of aromatic nitrogens is 3. The van der Waals surface area contributed by atoms with E-state index in [2.05, 4.69) is 27.8 Å². The minimum Gasteiger partial charge on any atom is -0.356 e. The van der Waals surface area contributed by atoms with Crippen molar-refractivity contribution in [1.82, 2.24) is 19.9 Å². The molecule has 4 heterocycles. The summed E-state index contributed by atoms with van der Waals surface area (Å²) in [6, 6.07) is 6.19. The molecule has 2 saturated heterocycles. The predicted molar refractivity (Wildman–Crippen MR) is 114 cm³/mol. The summed E-state index contributed by atoms with van der Waals surface area (Å²) in [5, 5.41) is 0. The third-order valence-electron chi connectivity index (χ3n) is 6.12. The van der Waals surface area contributed by atoms with E-state index in [0.29, 0.717) is 0 Å². The van der Waals surface area contributed by atoms with Crippen molar-refractivity contribution in [3.05, 3.63) is 36.3 Å². The summed E-state index contributed by atoms with van der Waals surface area (Å²) in [6.45, 7) is 8.21. The first-order valence-electron chi connectivity index (χ1n) is 11.1. The van der Waals surface area contributed by atoms with Gasteiger partial charge in [-0.2, -0.15) is 0 Å². The van der Waals surface area contributed by atoms with Gasteiger partial charge in [0, 0.05) is 49.4 Å². The molecule has 4 rings (SSSR count). The van der Waals surface area contributed by atoms with Crippen LogP contribution >= 0.6 is 0 Å². The maximum Gasteiger partial charge on any atom is 0.161 e. The predicted octanol–water partition coefficient (Wildman–Crippen LogP) is 4.19. The van der Waals surface area contributed by atoms with Gasteiger partial charge in [0.15, 0.2) is 5.82 Å². The zero-order valence-electron chi connectivity index (χ0n) is 17.2. The summed E-state index contributed by atoms with van der Waals surface area (Å²) >= 11 is 0. The van der Waals surface area contributed by atoms with Gasteiger partial charge in [-0.25, -0.2) is 9.97 Å². The van der Waals surface area contributed by atoms with Gasteiger partial charge in [0.1, 0.15) is 5.82 Å². The van der Waals surface area contributed by atoms with Crippen molar-refractivity contribution in [3.8, 4) is 11.4 Å². The van der Waals surface area contributed by atoms with E-state index in [4.69, 9.17) is 9.97 Å². The Morgan fingerprint density at radius 1 is 0.964 bits per heavy atom. The highest BCUT2D eigenvalue weighted by Gasteiger charge is 2.24. The van der Waals surface area contributed by atoms with E-state index in [0.717, 1.165) is 48.3 Å². The number of piperidine rings is 1. The molecular formula is C23H33N5. The number of hydrogen-bond acceptors (Lipinski definition) is 5. The van der Waals surface area contributed by atoms with Crippen LogP contribution < -0.4 is 4.90 Å². The molecule has 28 heavy (non-hydrogen) atoms. The van der Waals surface area contributed by atoms with Gasteiger partial charge in [-0.15, -0.1) is 0 Å². The van der Waals surface area contributed by atoms with Crippen LogP contribution in [0.2, 0.25) is 0 Å². The van der Waals surface area contributed by atoms with Crippen LogP contribution in [0.25, 0.3) is 11.4 Å². The van der Waals surface area contributed by atoms with E-state index in [1.165, 1.54) is 58.2 Å². The fourth-order valence-electron chi connectivity index (χ4n) is 4.56. The van der Waals surface area contributed by atoms with Crippen molar-refractivity contribution in [2.24, 2.45) is 5.92 Å². The Hall–Kier alpha value is -2.01. The minimum atomic E-state index is 0.747. The minimum absolute atomic E-state index is 0.747. The van der Waals surface area contributed by atoms with Crippen LogP contribution in [-0.4, -0.2) is 52.6 Å². The molecule has 150 valence electrons. The van der Waals surface area contributed by atoms with Crippen LogP contribution in [-0.2, 0) is 6.42 Å². The average Bonchev–Trinajstić information content (AvgIpc) is 3.03. The molecule has 0 spiro atoms. The van der Waals surface area contributed by atoms with Gasteiger partial charge in [-0.1, -0.05) is 19.8 Å². The van der Waals surface area contributed by atoms with Gasteiger partial charge < -0.3 is 9.80 Å². The molecule has 0 saturated carbocycles. The Morgan fingerprint density at radius 3 is 2.50 bits per heavy atom. The molecule has 2 aliphatic rings. The Bertz CT molecular complexity index is 740. The third-order valence-corrected chi connectivity index (χ3v) is 6.12. The molecule has 2 fully saturated rings. The number of nitrogens with zero attached hydrogens (tertiary/aromatic N) is 5. The van der Waals surface area contributed by atoms with Crippen LogP contribution in [0, 0.1) is 5.92 Å². The molecule has 0 amide bonds. The van der Waals surface area contributed by atoms with Gasteiger partial charge in [0.25, 0.3) is 0 Å². The Morgan fingerprint density at radius 2 is 1.75 bits per heavy atom. The van der Waals surface area contributed by atoms with E-state index in [1.807, 2.05) is 24.5 Å². The van der Waals surface area contributed by atoms with E-state index in [9.17, 15) is 0 Å². The van der Waals surface area contributed by atoms with Crippen molar-refractivity contribution < 1.29 is 0 Å². The monoisotopic (exact) mass is 379 g/mol. The molecule has 2 aliphatic heterocycles. The first kappa shape index (κ1) is 19.3. The summed E-state index contributed by atoms with van der Waals surface area (Å²) in [7, 11) is 0. The fourth-order valence-corrected chi connectivity index (χ4v) is 4.56. The fraction of sp³-hybridized carbons (Fsp3) is 0.609. The molecule has 0 aromatic carbocycles. The van der Waals surface area contributed by atoms with Crippen molar-refractivity contribution in [2.45, 2.75) is 51.9 Å². The lowest BCUT2D eigenvalue weighted by Crippen LogP contribution is -2.41. The summed E-state index contributed by atoms with van der Waals surface area (Å²) in [5.74, 6) is 2.67. The molecule has 0 radical (unpaired) electrons. The number of likely N-dealkylation sites (tertiary alicyclic amines) is 1. The average molecular weight is 380 g/mol. The smallest absolute Gasteiger partial charge is 0.161 e. The molecule has 5 heteroatoms. The van der Waals surface area contributed by atoms with Crippen LogP contribution in [0.5, 0.6) is 0 Å². The molecule has 5 nitrogen and oxygen atoms in total. The maximum absolute atomic E-state index is 4.94. The van der Waals surface area contributed by atoms with Crippen LogP contribution in [0.1, 0.15) is 51.1 Å². The standard InChI is InChI=1S/C23H33N5/c1-2-21-16-22(26-23(25-21)20-9-11-24-12-10-20)28-15-7-8-19(18-28)17-27-13-5-3-4-6-14-27/h9-12,16,19H,2-8,13-15,17-18H2,1H3. The summed E-state index contributed by atoms with van der Waals surface area (Å²) in [5.41, 5.74) is 2.16. The normalized spacial score (nSPS) is 21.5. The number of rotatable bonds is 5. The van der Waals surface area contributed by atoms with Crippen molar-refractivity contribution in [3.63, 3.8) is 0 Å². The first-order chi connectivity index (χ1) is 13.8. The second kappa shape index (κ2) is 9.46. The van der Waals surface area contributed by atoms with E-state index in [1.54, 1.807) is 0 Å².